The summed E-state index contributed by atoms with van der Waals surface area (Å²) in [5, 5.41) is 15.5. The number of fused-ring (bicyclic) bond motifs is 1. The van der Waals surface area contributed by atoms with E-state index in [0.717, 1.165) is 16.8 Å². The van der Waals surface area contributed by atoms with Gasteiger partial charge >= 0.3 is 6.18 Å². The molecule has 14 heteroatoms. The third-order valence-electron chi connectivity index (χ3n) is 6.42. The summed E-state index contributed by atoms with van der Waals surface area (Å²) in [6.45, 7) is 0.0203. The van der Waals surface area contributed by atoms with Crippen LogP contribution in [-0.4, -0.2) is 27.9 Å². The Morgan fingerprint density at radius 3 is 2.50 bits per heavy atom. The number of nitro benzene ring substituents is 1. The van der Waals surface area contributed by atoms with E-state index in [9.17, 15) is 28.1 Å². The van der Waals surface area contributed by atoms with Gasteiger partial charge in [0.1, 0.15) is 11.6 Å². The topological polar surface area (TPSA) is 109 Å². The maximum atomic E-state index is 13.5. The number of methoxy groups -OCH3 is 1. The molecule has 0 aliphatic heterocycles. The van der Waals surface area contributed by atoms with Crippen molar-refractivity contribution in [1.82, 2.24) is 9.66 Å². The molecule has 0 saturated heterocycles. The first-order chi connectivity index (χ1) is 21.0. The zero-order chi connectivity index (χ0) is 31.6. The molecule has 0 atom stereocenters. The molecule has 0 aliphatic rings. The summed E-state index contributed by atoms with van der Waals surface area (Å²) >= 11 is 10.0. The number of ether oxygens (including phenoxy) is 2. The Kier molecular flexibility index (Phi) is 8.70. The molecule has 0 unspecified atom stereocenters. The quantitative estimate of drug-likeness (QED) is 0.0933. The molecule has 9 nitrogen and oxygen atoms in total. The van der Waals surface area contributed by atoms with Crippen LogP contribution in [0.1, 0.15) is 16.7 Å². The summed E-state index contributed by atoms with van der Waals surface area (Å²) in [7, 11) is 1.39. The number of nitrogens with zero attached hydrogens (tertiary/aromatic N) is 4. The predicted octanol–water partition coefficient (Wildman–Crippen LogP) is 7.88. The fourth-order valence-electron chi connectivity index (χ4n) is 4.23. The van der Waals surface area contributed by atoms with Crippen molar-refractivity contribution >= 4 is 50.3 Å². The SMILES string of the molecule is COc1cc(C=Nn2c(-c3cccc(C(F)(F)F)c3)nc3ccccc3c2=O)c(Br)c(Cl)c1OCc1ccc([N+](=O)[O-])cc1. The number of rotatable bonds is 8. The van der Waals surface area contributed by atoms with Gasteiger partial charge in [-0.1, -0.05) is 35.9 Å². The van der Waals surface area contributed by atoms with Crippen molar-refractivity contribution in [2.75, 3.05) is 7.11 Å². The monoisotopic (exact) mass is 686 g/mol. The molecule has 224 valence electrons. The number of hydrogen-bond donors (Lipinski definition) is 0. The van der Waals surface area contributed by atoms with Crippen LogP contribution in [-0.2, 0) is 12.8 Å². The van der Waals surface area contributed by atoms with Crippen molar-refractivity contribution in [2.24, 2.45) is 5.10 Å². The molecule has 1 aromatic heterocycles. The van der Waals surface area contributed by atoms with Crippen LogP contribution in [0.4, 0.5) is 18.9 Å². The Bertz CT molecular complexity index is 1980. The fourth-order valence-corrected chi connectivity index (χ4v) is 4.88. The molecule has 4 aromatic carbocycles. The van der Waals surface area contributed by atoms with Crippen molar-refractivity contribution in [1.29, 1.82) is 0 Å². The average molecular weight is 688 g/mol. The van der Waals surface area contributed by atoms with Crippen LogP contribution in [0.2, 0.25) is 5.02 Å². The van der Waals surface area contributed by atoms with Gasteiger partial charge in [0.15, 0.2) is 17.3 Å². The Morgan fingerprint density at radius 2 is 1.82 bits per heavy atom. The summed E-state index contributed by atoms with van der Waals surface area (Å²) < 4.78 is 53.0. The van der Waals surface area contributed by atoms with Crippen LogP contribution in [0.25, 0.3) is 22.3 Å². The van der Waals surface area contributed by atoms with Crippen molar-refractivity contribution < 1.29 is 27.6 Å². The average Bonchev–Trinajstić information content (AvgIpc) is 3.01. The van der Waals surface area contributed by atoms with Crippen molar-refractivity contribution in [2.45, 2.75) is 12.8 Å². The second-order valence-electron chi connectivity index (χ2n) is 9.23. The van der Waals surface area contributed by atoms with Gasteiger partial charge in [0.05, 0.1) is 34.7 Å². The molecule has 5 aromatic rings. The normalized spacial score (nSPS) is 11.7. The molecular weight excluding hydrogens is 669 g/mol. The fraction of sp³-hybridized carbons (Fsp3) is 0.100. The van der Waals surface area contributed by atoms with E-state index in [0.29, 0.717) is 15.6 Å². The lowest BCUT2D eigenvalue weighted by Crippen LogP contribution is -2.20. The van der Waals surface area contributed by atoms with E-state index in [1.807, 2.05) is 0 Å². The molecule has 0 fully saturated rings. The zero-order valence-corrected chi connectivity index (χ0v) is 24.9. The molecule has 5 rings (SSSR count). The largest absolute Gasteiger partial charge is 0.493 e. The van der Waals surface area contributed by atoms with Crippen molar-refractivity contribution in [3.63, 3.8) is 0 Å². The highest BCUT2D eigenvalue weighted by Gasteiger charge is 2.31. The standard InChI is InChI=1S/C30H19BrClF3N4O5/c1-43-24-14-19(25(31)26(32)27(24)44-16-17-9-11-21(12-10-17)39(41)42)15-36-38-28(18-5-4-6-20(13-18)30(33,34)35)37-23-8-3-2-7-22(23)29(38)40/h2-15H,16H2,1H3. The number of para-hydroxylation sites is 1. The lowest BCUT2D eigenvalue weighted by atomic mass is 10.1. The first-order valence-corrected chi connectivity index (χ1v) is 13.8. The number of aromatic nitrogens is 2. The van der Waals surface area contributed by atoms with E-state index in [1.54, 1.807) is 36.4 Å². The number of halogens is 5. The molecule has 0 aliphatic carbocycles. The minimum atomic E-state index is -4.61. The number of non-ortho nitro benzene ring substituents is 1. The summed E-state index contributed by atoms with van der Waals surface area (Å²) in [5.74, 6) is 0.280. The van der Waals surface area contributed by atoms with Crippen LogP contribution in [0.5, 0.6) is 11.5 Å². The molecule has 1 heterocycles. The van der Waals surface area contributed by atoms with E-state index >= 15 is 0 Å². The van der Waals surface area contributed by atoms with Gasteiger partial charge in [-0.05, 0) is 64.0 Å². The number of benzene rings is 4. The van der Waals surface area contributed by atoms with Crippen LogP contribution >= 0.6 is 27.5 Å². The second-order valence-corrected chi connectivity index (χ2v) is 10.4. The maximum absolute atomic E-state index is 13.5. The van der Waals surface area contributed by atoms with Gasteiger partial charge in [0.25, 0.3) is 11.2 Å². The van der Waals surface area contributed by atoms with Gasteiger partial charge in [0.2, 0.25) is 0 Å². The van der Waals surface area contributed by atoms with Gasteiger partial charge in [-0.25, -0.2) is 4.98 Å². The maximum Gasteiger partial charge on any atom is 0.416 e. The summed E-state index contributed by atoms with van der Waals surface area (Å²) in [6, 6.07) is 18.2. The predicted molar refractivity (Wildman–Crippen MR) is 163 cm³/mol. The van der Waals surface area contributed by atoms with Crippen LogP contribution < -0.4 is 15.0 Å². The van der Waals surface area contributed by atoms with Gasteiger partial charge < -0.3 is 9.47 Å². The lowest BCUT2D eigenvalue weighted by Gasteiger charge is -2.15. The molecule has 0 N–H and O–H groups in total. The second kappa shape index (κ2) is 12.5. The molecule has 0 spiro atoms. The molecule has 0 saturated carbocycles. The Balaban J connectivity index is 1.55. The van der Waals surface area contributed by atoms with E-state index in [1.165, 1.54) is 43.7 Å². The number of nitro groups is 1. The van der Waals surface area contributed by atoms with Crippen molar-refractivity contribution in [3.8, 4) is 22.9 Å². The molecule has 0 radical (unpaired) electrons. The first-order valence-electron chi connectivity index (χ1n) is 12.6. The first kappa shape index (κ1) is 30.7. The van der Waals surface area contributed by atoms with E-state index in [-0.39, 0.29) is 51.1 Å². The van der Waals surface area contributed by atoms with Crippen LogP contribution in [0.3, 0.4) is 0 Å². The minimum Gasteiger partial charge on any atom is -0.493 e. The van der Waals surface area contributed by atoms with Gasteiger partial charge in [-0.3, -0.25) is 14.9 Å². The van der Waals surface area contributed by atoms with Crippen molar-refractivity contribution in [3.05, 3.63) is 126 Å². The van der Waals surface area contributed by atoms with Crippen LogP contribution in [0, 0.1) is 10.1 Å². The number of hydrogen-bond acceptors (Lipinski definition) is 7. The van der Waals surface area contributed by atoms with Gasteiger partial charge in [0, 0.05) is 27.7 Å². The molecule has 0 bridgehead atoms. The summed E-state index contributed by atoms with van der Waals surface area (Å²) in [6.07, 6.45) is -3.32. The summed E-state index contributed by atoms with van der Waals surface area (Å²) in [4.78, 5) is 28.4. The van der Waals surface area contributed by atoms with Crippen LogP contribution in [0.15, 0.2) is 93.2 Å². The number of alkyl halides is 3. The Labute approximate surface area is 260 Å². The highest BCUT2D eigenvalue weighted by Crippen LogP contribution is 2.42. The van der Waals surface area contributed by atoms with Gasteiger partial charge in [-0.2, -0.15) is 22.9 Å². The zero-order valence-electron chi connectivity index (χ0n) is 22.5. The molecule has 44 heavy (non-hydrogen) atoms. The highest BCUT2D eigenvalue weighted by atomic mass is 79.9. The molecule has 0 amide bonds. The molecular formula is C30H19BrClF3N4O5. The Morgan fingerprint density at radius 1 is 1.09 bits per heavy atom. The van der Waals surface area contributed by atoms with E-state index in [4.69, 9.17) is 21.1 Å². The van der Waals surface area contributed by atoms with E-state index in [2.05, 4.69) is 26.0 Å². The van der Waals surface area contributed by atoms with E-state index < -0.39 is 22.2 Å². The lowest BCUT2D eigenvalue weighted by molar-refractivity contribution is -0.384. The Hall–Kier alpha value is -4.75. The third kappa shape index (κ3) is 6.29. The van der Waals surface area contributed by atoms with Gasteiger partial charge in [-0.15, -0.1) is 0 Å². The smallest absolute Gasteiger partial charge is 0.416 e. The highest BCUT2D eigenvalue weighted by molar-refractivity contribution is 9.10. The summed E-state index contributed by atoms with van der Waals surface area (Å²) in [5.41, 5.74) is -0.257. The third-order valence-corrected chi connectivity index (χ3v) is 7.86. The minimum absolute atomic E-state index is 0.0203.